The van der Waals surface area contributed by atoms with E-state index in [-0.39, 0.29) is 23.9 Å². The fourth-order valence-corrected chi connectivity index (χ4v) is 3.32. The number of amides is 1. The second-order valence-corrected chi connectivity index (χ2v) is 6.30. The van der Waals surface area contributed by atoms with E-state index in [9.17, 15) is 9.59 Å². The molecule has 2 N–H and O–H groups in total. The van der Waals surface area contributed by atoms with Gasteiger partial charge in [0.1, 0.15) is 11.6 Å². The number of benzene rings is 1. The topological polar surface area (TPSA) is 106 Å². The number of aryl methyl sites for hydroxylation is 2. The Hall–Kier alpha value is -3.03. The van der Waals surface area contributed by atoms with Crippen LogP contribution in [0.1, 0.15) is 23.8 Å². The third kappa shape index (κ3) is 2.90. The summed E-state index contributed by atoms with van der Waals surface area (Å²) in [4.78, 5) is 24.3. The molecule has 3 heterocycles. The second kappa shape index (κ2) is 6.12. The molecule has 1 aliphatic heterocycles. The summed E-state index contributed by atoms with van der Waals surface area (Å²) >= 11 is 0. The first kappa shape index (κ1) is 15.5. The quantitative estimate of drug-likeness (QED) is 0.723. The first-order chi connectivity index (χ1) is 12.1. The molecule has 0 saturated heterocycles. The van der Waals surface area contributed by atoms with Gasteiger partial charge in [0, 0.05) is 24.4 Å². The molecular weight excluding hydrogens is 320 g/mol. The fraction of sp³-hybridized carbons (Fsp3) is 0.353. The fourth-order valence-electron chi connectivity index (χ4n) is 3.32. The molecule has 1 aromatic carbocycles. The molecule has 8 nitrogen and oxygen atoms in total. The van der Waals surface area contributed by atoms with Gasteiger partial charge in [-0.1, -0.05) is 18.2 Å². The Labute approximate surface area is 143 Å². The summed E-state index contributed by atoms with van der Waals surface area (Å²) in [7, 11) is 0. The summed E-state index contributed by atoms with van der Waals surface area (Å²) < 4.78 is 2.04. The van der Waals surface area contributed by atoms with E-state index in [1.54, 1.807) is 12.1 Å². The minimum absolute atomic E-state index is 0.0451. The molecule has 1 aliphatic rings. The van der Waals surface area contributed by atoms with Crippen LogP contribution in [-0.4, -0.2) is 36.9 Å². The predicted octanol–water partition coefficient (Wildman–Crippen LogP) is 0.497. The molecule has 4 rings (SSSR count). The summed E-state index contributed by atoms with van der Waals surface area (Å²) in [5.74, 6) is 1.72. The van der Waals surface area contributed by atoms with Gasteiger partial charge < -0.3 is 9.88 Å². The van der Waals surface area contributed by atoms with Crippen LogP contribution in [-0.2, 0) is 24.2 Å². The molecule has 0 saturated carbocycles. The number of aromatic nitrogens is 5. The standard InChI is InChI=1S/C17H18N6O2/c1-10-19-21-15-7-6-11(9-23(10)15)18-16(24)8-14-12-4-2-3-5-13(12)17(25)22-20-14/h2-5,11H,6-9H2,1H3,(H,18,24)(H,22,25)/t11-/m0/s1. The molecule has 0 bridgehead atoms. The zero-order chi connectivity index (χ0) is 17.4. The lowest BCUT2D eigenvalue weighted by Gasteiger charge is -2.24. The van der Waals surface area contributed by atoms with E-state index in [2.05, 4.69) is 25.7 Å². The molecule has 0 spiro atoms. The van der Waals surface area contributed by atoms with E-state index in [0.717, 1.165) is 24.5 Å². The molecule has 0 unspecified atom stereocenters. The first-order valence-electron chi connectivity index (χ1n) is 8.26. The first-order valence-corrected chi connectivity index (χ1v) is 8.26. The number of hydrogen-bond donors (Lipinski definition) is 2. The highest BCUT2D eigenvalue weighted by molar-refractivity contribution is 5.88. The van der Waals surface area contributed by atoms with Gasteiger partial charge in [0.2, 0.25) is 5.91 Å². The second-order valence-electron chi connectivity index (χ2n) is 6.30. The average molecular weight is 338 g/mol. The molecule has 1 amide bonds. The molecule has 25 heavy (non-hydrogen) atoms. The number of carbonyl (C=O) groups excluding carboxylic acids is 1. The number of nitrogens with zero attached hydrogens (tertiary/aromatic N) is 4. The molecule has 1 atom stereocenters. The van der Waals surface area contributed by atoms with Crippen molar-refractivity contribution in [1.29, 1.82) is 0 Å². The Bertz CT molecular complexity index is 1010. The molecule has 0 fully saturated rings. The van der Waals surface area contributed by atoms with Gasteiger partial charge in [-0.25, -0.2) is 5.10 Å². The van der Waals surface area contributed by atoms with Crippen molar-refractivity contribution in [3.63, 3.8) is 0 Å². The molecular formula is C17H18N6O2. The van der Waals surface area contributed by atoms with Crippen molar-refractivity contribution in [1.82, 2.24) is 30.3 Å². The van der Waals surface area contributed by atoms with Gasteiger partial charge in [0.15, 0.2) is 0 Å². The van der Waals surface area contributed by atoms with Gasteiger partial charge in [-0.2, -0.15) is 5.10 Å². The zero-order valence-electron chi connectivity index (χ0n) is 13.8. The monoisotopic (exact) mass is 338 g/mol. The van der Waals surface area contributed by atoms with E-state index in [1.165, 1.54) is 0 Å². The van der Waals surface area contributed by atoms with Gasteiger partial charge in [-0.05, 0) is 19.4 Å². The number of aromatic amines is 1. The van der Waals surface area contributed by atoms with Gasteiger partial charge in [0.05, 0.1) is 17.5 Å². The predicted molar refractivity (Wildman–Crippen MR) is 91.1 cm³/mol. The van der Waals surface area contributed by atoms with E-state index in [1.807, 2.05) is 23.6 Å². The lowest BCUT2D eigenvalue weighted by molar-refractivity contribution is -0.121. The smallest absolute Gasteiger partial charge is 0.272 e. The Balaban J connectivity index is 1.49. The molecule has 2 aromatic heterocycles. The van der Waals surface area contributed by atoms with Crippen LogP contribution in [0.3, 0.4) is 0 Å². The van der Waals surface area contributed by atoms with Crippen molar-refractivity contribution in [2.45, 2.75) is 38.8 Å². The summed E-state index contributed by atoms with van der Waals surface area (Å²) in [5, 5.41) is 19.0. The third-order valence-corrected chi connectivity index (χ3v) is 4.60. The highest BCUT2D eigenvalue weighted by atomic mass is 16.1. The largest absolute Gasteiger partial charge is 0.351 e. The van der Waals surface area contributed by atoms with Crippen LogP contribution in [0.15, 0.2) is 29.1 Å². The van der Waals surface area contributed by atoms with E-state index < -0.39 is 0 Å². The van der Waals surface area contributed by atoms with Crippen LogP contribution in [0.5, 0.6) is 0 Å². The normalized spacial score (nSPS) is 16.6. The van der Waals surface area contributed by atoms with Crippen LogP contribution in [0.25, 0.3) is 10.8 Å². The maximum Gasteiger partial charge on any atom is 0.272 e. The Morgan fingerprint density at radius 3 is 2.96 bits per heavy atom. The maximum atomic E-state index is 12.5. The van der Waals surface area contributed by atoms with Crippen LogP contribution < -0.4 is 10.9 Å². The van der Waals surface area contributed by atoms with Gasteiger partial charge in [-0.3, -0.25) is 9.59 Å². The zero-order valence-corrected chi connectivity index (χ0v) is 13.8. The Morgan fingerprint density at radius 1 is 1.32 bits per heavy atom. The van der Waals surface area contributed by atoms with Crippen LogP contribution in [0.2, 0.25) is 0 Å². The van der Waals surface area contributed by atoms with Crippen molar-refractivity contribution in [2.24, 2.45) is 0 Å². The van der Waals surface area contributed by atoms with E-state index >= 15 is 0 Å². The molecule has 0 aliphatic carbocycles. The average Bonchev–Trinajstić information content (AvgIpc) is 2.98. The van der Waals surface area contributed by atoms with Crippen LogP contribution in [0.4, 0.5) is 0 Å². The number of rotatable bonds is 3. The summed E-state index contributed by atoms with van der Waals surface area (Å²) in [5.41, 5.74) is 0.326. The highest BCUT2D eigenvalue weighted by Gasteiger charge is 2.23. The number of H-pyrrole nitrogens is 1. The minimum atomic E-state index is -0.248. The summed E-state index contributed by atoms with van der Waals surface area (Å²) in [6.45, 7) is 2.59. The highest BCUT2D eigenvalue weighted by Crippen LogP contribution is 2.16. The van der Waals surface area contributed by atoms with Gasteiger partial charge >= 0.3 is 0 Å². The molecule has 128 valence electrons. The van der Waals surface area contributed by atoms with E-state index in [4.69, 9.17) is 0 Å². The number of fused-ring (bicyclic) bond motifs is 2. The third-order valence-electron chi connectivity index (χ3n) is 4.60. The molecule has 0 radical (unpaired) electrons. The van der Waals surface area contributed by atoms with E-state index in [0.29, 0.717) is 23.0 Å². The van der Waals surface area contributed by atoms with Crippen LogP contribution >= 0.6 is 0 Å². The Morgan fingerprint density at radius 2 is 2.12 bits per heavy atom. The van der Waals surface area contributed by atoms with Gasteiger partial charge in [0.25, 0.3) is 5.56 Å². The minimum Gasteiger partial charge on any atom is -0.351 e. The lowest BCUT2D eigenvalue weighted by atomic mass is 10.1. The van der Waals surface area contributed by atoms with Crippen molar-refractivity contribution < 1.29 is 4.79 Å². The molecule has 3 aromatic rings. The maximum absolute atomic E-state index is 12.5. The van der Waals surface area contributed by atoms with Crippen LogP contribution in [0, 0.1) is 6.92 Å². The SMILES string of the molecule is Cc1nnc2n1C[C@@H](NC(=O)Cc1n[nH]c(=O)c3ccccc13)CC2. The van der Waals surface area contributed by atoms with Gasteiger partial charge in [-0.15, -0.1) is 10.2 Å². The van der Waals surface area contributed by atoms with Crippen molar-refractivity contribution in [3.05, 3.63) is 52.0 Å². The van der Waals surface area contributed by atoms with Crippen molar-refractivity contribution in [2.75, 3.05) is 0 Å². The van der Waals surface area contributed by atoms with Crippen molar-refractivity contribution >= 4 is 16.7 Å². The summed E-state index contributed by atoms with van der Waals surface area (Å²) in [6.07, 6.45) is 1.76. The molecule has 8 heteroatoms. The lowest BCUT2D eigenvalue weighted by Crippen LogP contribution is -2.42. The van der Waals surface area contributed by atoms with Crippen molar-refractivity contribution in [3.8, 4) is 0 Å². The number of nitrogens with one attached hydrogen (secondary N) is 2. The number of carbonyl (C=O) groups is 1. The summed E-state index contributed by atoms with van der Waals surface area (Å²) in [6, 6.07) is 7.22. The Kier molecular flexibility index (Phi) is 3.79. The number of hydrogen-bond acceptors (Lipinski definition) is 5.